The molecule has 0 amide bonds. The highest BCUT2D eigenvalue weighted by atomic mass is 14.5. The van der Waals surface area contributed by atoms with Crippen LogP contribution in [0.1, 0.15) is 78.1 Å². The maximum Gasteiger partial charge on any atom is -0.0269 e. The van der Waals surface area contributed by atoms with Gasteiger partial charge in [0.25, 0.3) is 0 Å². The van der Waals surface area contributed by atoms with Crippen molar-refractivity contribution in [1.82, 2.24) is 0 Å². The van der Waals surface area contributed by atoms with Gasteiger partial charge in [-0.25, -0.2) is 0 Å². The zero-order valence-electron chi connectivity index (χ0n) is 10.7. The average molecular weight is 208 g/mol. The molecule has 0 aromatic rings. The Morgan fingerprint density at radius 2 is 1.93 bits per heavy atom. The Morgan fingerprint density at radius 1 is 1.07 bits per heavy atom. The van der Waals surface area contributed by atoms with E-state index in [0.29, 0.717) is 0 Å². The fourth-order valence-corrected chi connectivity index (χ4v) is 3.90. The Hall–Kier alpha value is 0. The van der Waals surface area contributed by atoms with Gasteiger partial charge in [-0.3, -0.25) is 0 Å². The summed E-state index contributed by atoms with van der Waals surface area (Å²) in [5.41, 5.74) is 0.839. The molecule has 2 fully saturated rings. The van der Waals surface area contributed by atoms with Crippen LogP contribution in [-0.2, 0) is 0 Å². The van der Waals surface area contributed by atoms with Crippen LogP contribution in [0.25, 0.3) is 0 Å². The van der Waals surface area contributed by atoms with Crippen LogP contribution in [0.5, 0.6) is 0 Å². The molecule has 88 valence electrons. The van der Waals surface area contributed by atoms with Gasteiger partial charge in [0.05, 0.1) is 0 Å². The van der Waals surface area contributed by atoms with E-state index < -0.39 is 0 Å². The van der Waals surface area contributed by atoms with Gasteiger partial charge in [0.15, 0.2) is 0 Å². The van der Waals surface area contributed by atoms with E-state index in [-0.39, 0.29) is 0 Å². The van der Waals surface area contributed by atoms with Crippen LogP contribution in [0.3, 0.4) is 0 Å². The van der Waals surface area contributed by atoms with Gasteiger partial charge in [-0.1, -0.05) is 46.0 Å². The first kappa shape index (κ1) is 11.5. The molecule has 15 heavy (non-hydrogen) atoms. The van der Waals surface area contributed by atoms with Crippen LogP contribution < -0.4 is 0 Å². The first-order valence-electron chi connectivity index (χ1n) is 7.23. The zero-order chi connectivity index (χ0) is 10.7. The maximum atomic E-state index is 2.36. The molecule has 0 spiro atoms. The van der Waals surface area contributed by atoms with Crippen LogP contribution in [0, 0.1) is 17.3 Å². The lowest BCUT2D eigenvalue weighted by atomic mass is 9.55. The summed E-state index contributed by atoms with van der Waals surface area (Å²) in [5.74, 6) is 2.04. The zero-order valence-corrected chi connectivity index (χ0v) is 10.7. The van der Waals surface area contributed by atoms with E-state index in [4.69, 9.17) is 0 Å². The smallest absolute Gasteiger partial charge is 0.0269 e. The molecular weight excluding hydrogens is 180 g/mol. The molecule has 2 rings (SSSR count). The predicted molar refractivity (Wildman–Crippen MR) is 66.9 cm³/mol. The quantitative estimate of drug-likeness (QED) is 0.597. The highest BCUT2D eigenvalue weighted by molar-refractivity contribution is 4.96. The van der Waals surface area contributed by atoms with Crippen molar-refractivity contribution in [2.75, 3.05) is 0 Å². The van der Waals surface area contributed by atoms with E-state index >= 15 is 0 Å². The SMILES string of the molecule is CC(C)CCC[C@]12CCCCC[C@@H]1CC2. The molecule has 2 aliphatic rings. The molecule has 0 aromatic heterocycles. The van der Waals surface area contributed by atoms with Gasteiger partial charge >= 0.3 is 0 Å². The molecule has 0 aromatic carbocycles. The molecule has 0 aliphatic heterocycles. The van der Waals surface area contributed by atoms with Crippen LogP contribution in [0.15, 0.2) is 0 Å². The number of rotatable bonds is 4. The van der Waals surface area contributed by atoms with Crippen molar-refractivity contribution in [1.29, 1.82) is 0 Å². The standard InChI is InChI=1S/C15H28/c1-13(2)7-6-11-15-10-5-3-4-8-14(15)9-12-15/h13-14H,3-12H2,1-2H3/t14-,15+/m1/s1. The predicted octanol–water partition coefficient (Wildman–Crippen LogP) is 5.17. The van der Waals surface area contributed by atoms with Gasteiger partial charge in [-0.05, 0) is 49.4 Å². The second-order valence-electron chi connectivity index (χ2n) is 6.48. The van der Waals surface area contributed by atoms with Crippen molar-refractivity contribution in [3.8, 4) is 0 Å². The van der Waals surface area contributed by atoms with Gasteiger partial charge in [0, 0.05) is 0 Å². The second-order valence-corrected chi connectivity index (χ2v) is 6.48. The van der Waals surface area contributed by atoms with Crippen molar-refractivity contribution in [2.45, 2.75) is 78.1 Å². The summed E-state index contributed by atoms with van der Waals surface area (Å²) >= 11 is 0. The van der Waals surface area contributed by atoms with Gasteiger partial charge in [-0.15, -0.1) is 0 Å². The minimum absolute atomic E-state index is 0.839. The third-order valence-corrected chi connectivity index (χ3v) is 5.04. The summed E-state index contributed by atoms with van der Waals surface area (Å²) in [6.45, 7) is 4.73. The summed E-state index contributed by atoms with van der Waals surface area (Å²) < 4.78 is 0. The highest BCUT2D eigenvalue weighted by Gasteiger charge is 2.45. The molecule has 2 aliphatic carbocycles. The summed E-state index contributed by atoms with van der Waals surface area (Å²) in [6, 6.07) is 0. The van der Waals surface area contributed by atoms with E-state index in [1.165, 1.54) is 32.1 Å². The largest absolute Gasteiger partial charge is 0.0628 e. The van der Waals surface area contributed by atoms with E-state index in [9.17, 15) is 0 Å². The Labute approximate surface area is 95.8 Å². The van der Waals surface area contributed by atoms with E-state index in [2.05, 4.69) is 13.8 Å². The molecule has 0 radical (unpaired) electrons. The Balaban J connectivity index is 1.82. The van der Waals surface area contributed by atoms with Gasteiger partial charge < -0.3 is 0 Å². The molecule has 0 unspecified atom stereocenters. The van der Waals surface area contributed by atoms with E-state index in [0.717, 1.165) is 17.3 Å². The first-order valence-corrected chi connectivity index (χ1v) is 7.23. The topological polar surface area (TPSA) is 0 Å². The van der Waals surface area contributed by atoms with Crippen molar-refractivity contribution >= 4 is 0 Å². The normalized spacial score (nSPS) is 35.8. The Bertz CT molecular complexity index is 194. The van der Waals surface area contributed by atoms with Crippen molar-refractivity contribution in [3.05, 3.63) is 0 Å². The monoisotopic (exact) mass is 208 g/mol. The third kappa shape index (κ3) is 2.57. The highest BCUT2D eigenvalue weighted by Crippen LogP contribution is 2.57. The van der Waals surface area contributed by atoms with E-state index in [1.807, 2.05) is 0 Å². The average Bonchev–Trinajstić information content (AvgIpc) is 2.29. The summed E-state index contributed by atoms with van der Waals surface area (Å²) in [7, 11) is 0. The first-order chi connectivity index (χ1) is 7.23. The lowest BCUT2D eigenvalue weighted by Crippen LogP contribution is -2.39. The lowest BCUT2D eigenvalue weighted by molar-refractivity contribution is 0.00945. The van der Waals surface area contributed by atoms with Crippen LogP contribution in [0.2, 0.25) is 0 Å². The van der Waals surface area contributed by atoms with E-state index in [1.54, 1.807) is 32.1 Å². The van der Waals surface area contributed by atoms with Crippen molar-refractivity contribution in [2.24, 2.45) is 17.3 Å². The number of hydrogen-bond donors (Lipinski definition) is 0. The maximum absolute atomic E-state index is 2.36. The summed E-state index contributed by atoms with van der Waals surface area (Å²) in [5, 5.41) is 0. The Morgan fingerprint density at radius 3 is 2.60 bits per heavy atom. The van der Waals surface area contributed by atoms with Crippen molar-refractivity contribution < 1.29 is 0 Å². The summed E-state index contributed by atoms with van der Waals surface area (Å²) in [6.07, 6.45) is 15.3. The molecule has 0 saturated heterocycles. The molecule has 2 saturated carbocycles. The number of fused-ring (bicyclic) bond motifs is 1. The second kappa shape index (κ2) is 4.89. The fourth-order valence-electron chi connectivity index (χ4n) is 3.90. The molecule has 0 N–H and O–H groups in total. The van der Waals surface area contributed by atoms with Crippen LogP contribution >= 0.6 is 0 Å². The molecule has 2 atom stereocenters. The fraction of sp³-hybridized carbons (Fsp3) is 1.00. The summed E-state index contributed by atoms with van der Waals surface area (Å²) in [4.78, 5) is 0. The van der Waals surface area contributed by atoms with Gasteiger partial charge in [-0.2, -0.15) is 0 Å². The number of hydrogen-bond acceptors (Lipinski definition) is 0. The Kier molecular flexibility index (Phi) is 3.74. The minimum atomic E-state index is 0.839. The molecule has 0 bridgehead atoms. The lowest BCUT2D eigenvalue weighted by Gasteiger charge is -2.50. The molecule has 0 nitrogen and oxygen atoms in total. The van der Waals surface area contributed by atoms with Gasteiger partial charge in [0.1, 0.15) is 0 Å². The molecular formula is C15H28. The third-order valence-electron chi connectivity index (χ3n) is 5.04. The molecule has 0 heteroatoms. The molecule has 0 heterocycles. The van der Waals surface area contributed by atoms with Crippen LogP contribution in [0.4, 0.5) is 0 Å². The minimum Gasteiger partial charge on any atom is -0.0628 e. The van der Waals surface area contributed by atoms with Crippen molar-refractivity contribution in [3.63, 3.8) is 0 Å². The van der Waals surface area contributed by atoms with Gasteiger partial charge in [0.2, 0.25) is 0 Å². The van der Waals surface area contributed by atoms with Crippen LogP contribution in [-0.4, -0.2) is 0 Å².